The van der Waals surface area contributed by atoms with Gasteiger partial charge in [-0.2, -0.15) is 0 Å². The average Bonchev–Trinajstić information content (AvgIpc) is 3.26. The van der Waals surface area contributed by atoms with Gasteiger partial charge in [-0.25, -0.2) is 0 Å². The number of carboxylic acid groups (broad SMARTS) is 2. The fraction of sp³-hybridized carbons (Fsp3) is 0.964. The van der Waals surface area contributed by atoms with Gasteiger partial charge in [-0.15, -0.1) is 0 Å². The van der Waals surface area contributed by atoms with Crippen LogP contribution in [0.1, 0.15) is 311 Å². The molecule has 0 amide bonds. The number of rotatable bonds is 50. The molecule has 0 saturated carbocycles. The molecule has 0 spiro atoms. The molecule has 7 heteroatoms. The molecule has 0 bridgehead atoms. The van der Waals surface area contributed by atoms with Crippen LogP contribution in [-0.4, -0.2) is 97.7 Å². The molecule has 372 valence electrons. The van der Waals surface area contributed by atoms with Crippen molar-refractivity contribution in [3.8, 4) is 0 Å². The third-order valence-corrected chi connectivity index (χ3v) is 13.3. The normalized spacial score (nSPS) is 12.3. The minimum absolute atomic E-state index is 0. The molecule has 0 aromatic heterocycles. The molecule has 6 nitrogen and oxygen atoms in total. The second-order valence-electron chi connectivity index (χ2n) is 19.3. The molecule has 0 heterocycles. The first-order chi connectivity index (χ1) is 30.3. The van der Waals surface area contributed by atoms with E-state index >= 15 is 0 Å². The summed E-state index contributed by atoms with van der Waals surface area (Å²) in [7, 11) is 0. The Morgan fingerprint density at radius 1 is 0.286 bits per heavy atom. The van der Waals surface area contributed by atoms with Crippen LogP contribution in [0.25, 0.3) is 0 Å². The third-order valence-electron chi connectivity index (χ3n) is 13.3. The molecule has 0 fully saturated rings. The van der Waals surface area contributed by atoms with Crippen LogP contribution in [0.5, 0.6) is 0 Å². The zero-order valence-corrected chi connectivity index (χ0v) is 46.1. The zero-order valence-electron chi connectivity index (χ0n) is 43.9. The van der Waals surface area contributed by atoms with Crippen LogP contribution >= 0.6 is 0 Å². The van der Waals surface area contributed by atoms with Gasteiger partial charge in [0.15, 0.2) is 0 Å². The van der Waals surface area contributed by atoms with Crippen molar-refractivity contribution in [3.63, 3.8) is 0 Å². The predicted molar refractivity (Wildman–Crippen MR) is 274 cm³/mol. The summed E-state index contributed by atoms with van der Waals surface area (Å²) in [5, 5.41) is 23.6. The Morgan fingerprint density at radius 3 is 0.603 bits per heavy atom. The molecule has 0 N–H and O–H groups in total. The minimum Gasteiger partial charge on any atom is -0.548 e. The van der Waals surface area contributed by atoms with Crippen LogP contribution in [0.3, 0.4) is 0 Å². The van der Waals surface area contributed by atoms with Gasteiger partial charge < -0.3 is 19.8 Å². The number of carbonyl (C=O) groups is 2. The smallest absolute Gasteiger partial charge is 0.548 e. The van der Waals surface area contributed by atoms with Crippen molar-refractivity contribution in [1.29, 1.82) is 0 Å². The van der Waals surface area contributed by atoms with Gasteiger partial charge in [-0.3, -0.25) is 9.80 Å². The van der Waals surface area contributed by atoms with Crippen LogP contribution in [0.2, 0.25) is 0 Å². The first kappa shape index (κ1) is 67.4. The van der Waals surface area contributed by atoms with Crippen LogP contribution in [0.15, 0.2) is 0 Å². The first-order valence-electron chi connectivity index (χ1n) is 28.2. The fourth-order valence-electron chi connectivity index (χ4n) is 9.04. The average molecular weight is 918 g/mol. The Bertz CT molecular complexity index is 777. The van der Waals surface area contributed by atoms with Gasteiger partial charge in [0, 0.05) is 12.1 Å². The summed E-state index contributed by atoms with van der Waals surface area (Å²) >= 11 is 0. The maximum Gasteiger partial charge on any atom is 2.00 e. The summed E-state index contributed by atoms with van der Waals surface area (Å²) in [6, 6.07) is -0.772. The van der Waals surface area contributed by atoms with E-state index in [1.54, 1.807) is 0 Å². The van der Waals surface area contributed by atoms with E-state index in [9.17, 15) is 19.8 Å². The van der Waals surface area contributed by atoms with E-state index < -0.39 is 11.9 Å². The zero-order chi connectivity index (χ0) is 46.0. The van der Waals surface area contributed by atoms with Crippen molar-refractivity contribution in [2.45, 2.75) is 323 Å². The van der Waals surface area contributed by atoms with E-state index in [2.05, 4.69) is 51.3 Å². The summed E-state index contributed by atoms with van der Waals surface area (Å²) in [6.07, 6.45) is 52.7. The number of aliphatic carboxylic acids is 2. The predicted octanol–water partition coefficient (Wildman–Crippen LogP) is 14.9. The quantitative estimate of drug-likeness (QED) is 0.0446. The van der Waals surface area contributed by atoms with Gasteiger partial charge in [0.05, 0.1) is 11.9 Å². The Hall–Kier alpha value is 0.120. The maximum absolute atomic E-state index is 11.8. The molecule has 2 unspecified atom stereocenters. The summed E-state index contributed by atoms with van der Waals surface area (Å²) in [4.78, 5) is 28.1. The van der Waals surface area contributed by atoms with Gasteiger partial charge in [-0.05, 0) is 64.7 Å². The standard InChI is InChI=1S/2C28H57NO2.Ca/c2*1-4-7-10-12-14-16-18-20-22-25-29(27(28(30)31)24-9-6-3)26-23-21-19-17-15-13-11-8-5-2;/h2*27H,4-26H2,1-3H3,(H,30,31);/q;;+2/p-2. The van der Waals surface area contributed by atoms with Crippen LogP contribution in [0.4, 0.5) is 0 Å². The van der Waals surface area contributed by atoms with Crippen molar-refractivity contribution in [2.24, 2.45) is 0 Å². The molecule has 0 aromatic rings. The largest absolute Gasteiger partial charge is 2.00 e. The number of nitrogens with zero attached hydrogens (tertiary/aromatic N) is 2. The molecule has 0 aliphatic heterocycles. The van der Waals surface area contributed by atoms with Crippen molar-refractivity contribution in [1.82, 2.24) is 9.80 Å². The molecule has 0 aromatic carbocycles. The molecule has 0 radical (unpaired) electrons. The van der Waals surface area contributed by atoms with Gasteiger partial charge in [-0.1, -0.05) is 273 Å². The summed E-state index contributed by atoms with van der Waals surface area (Å²) < 4.78 is 0. The summed E-state index contributed by atoms with van der Waals surface area (Å²) in [5.41, 5.74) is 0. The molecule has 0 rings (SSSR count). The van der Waals surface area contributed by atoms with Crippen molar-refractivity contribution < 1.29 is 19.8 Å². The second-order valence-corrected chi connectivity index (χ2v) is 19.3. The molecule has 2 atom stereocenters. The number of hydrogen-bond donors (Lipinski definition) is 0. The third kappa shape index (κ3) is 48.4. The van der Waals surface area contributed by atoms with Gasteiger partial charge in [0.25, 0.3) is 0 Å². The topological polar surface area (TPSA) is 86.7 Å². The van der Waals surface area contributed by atoms with Crippen molar-refractivity contribution in [3.05, 3.63) is 0 Å². The van der Waals surface area contributed by atoms with Crippen molar-refractivity contribution >= 4 is 49.7 Å². The molecule has 0 aliphatic rings. The van der Waals surface area contributed by atoms with Crippen LogP contribution < -0.4 is 10.2 Å². The van der Waals surface area contributed by atoms with E-state index in [4.69, 9.17) is 0 Å². The molecular weight excluding hydrogens is 805 g/mol. The number of carbonyl (C=O) groups excluding carboxylic acids is 2. The summed E-state index contributed by atoms with van der Waals surface area (Å²) in [5.74, 6) is -1.72. The molecule has 63 heavy (non-hydrogen) atoms. The van der Waals surface area contributed by atoms with Gasteiger partial charge in [0.1, 0.15) is 0 Å². The SMILES string of the molecule is CCCCCCCCCCCN(CCCCCCCCCCC)C(CCCC)C(=O)[O-].CCCCCCCCCCCN(CCCCCCCCCCC)C(CCCC)C(=O)[O-].[Ca+2]. The molecule has 0 saturated heterocycles. The molecular formula is C56H112CaN2O4. The monoisotopic (exact) mass is 917 g/mol. The fourth-order valence-corrected chi connectivity index (χ4v) is 9.04. The van der Waals surface area contributed by atoms with Gasteiger partial charge in [0.2, 0.25) is 0 Å². The number of carboxylic acids is 2. The van der Waals surface area contributed by atoms with E-state index in [1.807, 2.05) is 0 Å². The first-order valence-corrected chi connectivity index (χ1v) is 28.2. The van der Waals surface area contributed by atoms with Gasteiger partial charge >= 0.3 is 37.7 Å². The van der Waals surface area contributed by atoms with Crippen LogP contribution in [0, 0.1) is 0 Å². The van der Waals surface area contributed by atoms with Crippen molar-refractivity contribution in [2.75, 3.05) is 26.2 Å². The second kappa shape index (κ2) is 56.4. The van der Waals surface area contributed by atoms with E-state index in [-0.39, 0.29) is 49.8 Å². The van der Waals surface area contributed by atoms with Crippen LogP contribution in [-0.2, 0) is 9.59 Å². The van der Waals surface area contributed by atoms with E-state index in [0.717, 1.165) is 90.4 Å². The summed E-state index contributed by atoms with van der Waals surface area (Å²) in [6.45, 7) is 17.0. The number of unbranched alkanes of at least 4 members (excludes halogenated alkanes) is 34. The Labute approximate surface area is 425 Å². The Kier molecular flexibility index (Phi) is 60.4. The maximum atomic E-state index is 11.8. The Balaban J connectivity index is -0.00000112. The molecule has 0 aliphatic carbocycles. The Morgan fingerprint density at radius 2 is 0.444 bits per heavy atom. The minimum atomic E-state index is -0.861. The van der Waals surface area contributed by atoms with E-state index in [1.165, 1.54) is 205 Å². The van der Waals surface area contributed by atoms with E-state index in [0.29, 0.717) is 0 Å². The number of hydrogen-bond acceptors (Lipinski definition) is 6.